The lowest BCUT2D eigenvalue weighted by Crippen LogP contribution is -2.49. The number of hydrogen-bond donors (Lipinski definition) is 3. The van der Waals surface area contributed by atoms with Crippen LogP contribution in [0.2, 0.25) is 0 Å². The molecule has 0 spiro atoms. The molecule has 12 nitrogen and oxygen atoms in total. The molecule has 242 valence electrons. The summed E-state index contributed by atoms with van der Waals surface area (Å²) in [5.41, 5.74) is 11.4. The van der Waals surface area contributed by atoms with E-state index in [0.29, 0.717) is 55.7 Å². The van der Waals surface area contributed by atoms with Gasteiger partial charge in [-0.3, -0.25) is 19.9 Å². The van der Waals surface area contributed by atoms with Crippen molar-refractivity contribution in [1.82, 2.24) is 24.8 Å². The van der Waals surface area contributed by atoms with E-state index < -0.39 is 7.14 Å². The minimum Gasteiger partial charge on any atom is -0.494 e. The molecule has 2 aromatic carbocycles. The Morgan fingerprint density at radius 2 is 1.83 bits per heavy atom. The number of nitrogens with one attached hydrogen (secondary N) is 2. The van der Waals surface area contributed by atoms with E-state index in [9.17, 15) is 4.57 Å². The highest BCUT2D eigenvalue weighted by molar-refractivity contribution is 9.10. The van der Waals surface area contributed by atoms with Crippen LogP contribution in [0.3, 0.4) is 0 Å². The van der Waals surface area contributed by atoms with Gasteiger partial charge in [-0.2, -0.15) is 4.98 Å². The van der Waals surface area contributed by atoms with Crippen LogP contribution in [-0.4, -0.2) is 90.8 Å². The Labute approximate surface area is 278 Å². The van der Waals surface area contributed by atoms with Crippen LogP contribution < -0.4 is 31.3 Å². The van der Waals surface area contributed by atoms with Crippen molar-refractivity contribution >= 4 is 80.0 Å². The number of ether oxygens (including phenoxy) is 1. The maximum atomic E-state index is 13.4. The number of nitrogens with two attached hydrogens (primary N) is 1. The number of piperazine rings is 1. The van der Waals surface area contributed by atoms with Crippen molar-refractivity contribution in [2.75, 3.05) is 69.2 Å². The number of fused-ring (bicyclic) bond motifs is 1. The van der Waals surface area contributed by atoms with Crippen molar-refractivity contribution in [2.45, 2.75) is 19.9 Å². The molecule has 46 heavy (non-hydrogen) atoms. The molecule has 0 atom stereocenters. The van der Waals surface area contributed by atoms with E-state index >= 15 is 0 Å². The largest absolute Gasteiger partial charge is 0.494 e. The van der Waals surface area contributed by atoms with Crippen LogP contribution in [0, 0.1) is 0 Å². The molecule has 0 aliphatic carbocycles. The first-order valence-electron chi connectivity index (χ1n) is 14.9. The Bertz CT molecular complexity index is 1830. The van der Waals surface area contributed by atoms with Crippen LogP contribution in [0.5, 0.6) is 5.75 Å². The lowest BCUT2D eigenvalue weighted by Gasteiger charge is -2.39. The first-order valence-corrected chi connectivity index (χ1v) is 18.3. The van der Waals surface area contributed by atoms with Gasteiger partial charge in [-0.1, -0.05) is 0 Å². The van der Waals surface area contributed by atoms with E-state index in [4.69, 9.17) is 15.5 Å². The van der Waals surface area contributed by atoms with E-state index in [2.05, 4.69) is 70.2 Å². The van der Waals surface area contributed by atoms with Crippen molar-refractivity contribution in [3.63, 3.8) is 0 Å². The average molecular weight is 708 g/mol. The van der Waals surface area contributed by atoms with Gasteiger partial charge >= 0.3 is 0 Å². The fourth-order valence-corrected chi connectivity index (χ4v) is 7.26. The second-order valence-corrected chi connectivity index (χ2v) is 15.6. The molecule has 1 fully saturated rings. The summed E-state index contributed by atoms with van der Waals surface area (Å²) < 4.78 is 19.9. The first-order chi connectivity index (χ1) is 22.0. The monoisotopic (exact) mass is 706 g/mol. The minimum atomic E-state index is -2.77. The highest BCUT2D eigenvalue weighted by Gasteiger charge is 2.25. The lowest BCUT2D eigenvalue weighted by atomic mass is 10.0. The van der Waals surface area contributed by atoms with Crippen molar-refractivity contribution in [1.29, 1.82) is 0 Å². The highest BCUT2D eigenvalue weighted by Crippen LogP contribution is 2.42. The number of aliphatic imine (C=N–C) groups is 1. The molecule has 0 saturated carbocycles. The Morgan fingerprint density at radius 1 is 1.09 bits per heavy atom. The number of halogens is 1. The van der Waals surface area contributed by atoms with Gasteiger partial charge in [-0.05, 0) is 61.3 Å². The molecule has 0 unspecified atom stereocenters. The topological polar surface area (TPSA) is 147 Å². The summed E-state index contributed by atoms with van der Waals surface area (Å²) in [4.78, 5) is 27.2. The van der Waals surface area contributed by atoms with E-state index in [1.807, 2.05) is 24.3 Å². The quantitative estimate of drug-likeness (QED) is 0.143. The fourth-order valence-electron chi connectivity index (χ4n) is 5.58. The maximum Gasteiger partial charge on any atom is 0.229 e. The Balaban J connectivity index is 1.52. The number of hydrogen-bond acceptors (Lipinski definition) is 12. The van der Waals surface area contributed by atoms with Crippen LogP contribution >= 0.6 is 23.1 Å². The van der Waals surface area contributed by atoms with Gasteiger partial charge in [0.25, 0.3) is 0 Å². The van der Waals surface area contributed by atoms with Gasteiger partial charge in [0.15, 0.2) is 0 Å². The first kappa shape index (κ1) is 33.3. The van der Waals surface area contributed by atoms with Gasteiger partial charge in [-0.25, -0.2) is 4.98 Å². The van der Waals surface area contributed by atoms with E-state index in [1.165, 1.54) is 0 Å². The standard InChI is InChI=1S/C32H40BrN10O2P/c1-20(2)42-11-13-43(14-12-42)27-16-28(45-4)26(15-22(27)21(17-34)18-35-3)40-32-38-19-23(33)31(41-32)39-25-8-7-24-29(37-10-9-36-24)30(25)46(5,6)44/h7-10,15-20H,11-14,34H2,1-6H3,(H2,38,39,40,41). The number of methoxy groups -OCH3 is 1. The number of allylic oxidation sites excluding steroid dienone is 1. The van der Waals surface area contributed by atoms with Gasteiger partial charge in [0.1, 0.15) is 24.2 Å². The third kappa shape index (κ3) is 7.16. The smallest absolute Gasteiger partial charge is 0.229 e. The van der Waals surface area contributed by atoms with Gasteiger partial charge in [0, 0.05) is 93.2 Å². The van der Waals surface area contributed by atoms with E-state index in [-0.39, 0.29) is 0 Å². The summed E-state index contributed by atoms with van der Waals surface area (Å²) >= 11 is 3.57. The number of rotatable bonds is 10. The van der Waals surface area contributed by atoms with Gasteiger partial charge in [-0.15, -0.1) is 0 Å². The Morgan fingerprint density at radius 3 is 2.48 bits per heavy atom. The molecule has 0 amide bonds. The third-order valence-electron chi connectivity index (χ3n) is 7.86. The van der Waals surface area contributed by atoms with Crippen molar-refractivity contribution < 1.29 is 9.30 Å². The number of nitrogens with zero attached hydrogens (tertiary/aromatic N) is 7. The molecule has 1 aliphatic rings. The summed E-state index contributed by atoms with van der Waals surface area (Å²) in [6.45, 7) is 11.6. The van der Waals surface area contributed by atoms with Crippen molar-refractivity contribution in [3.8, 4) is 5.75 Å². The zero-order valence-corrected chi connectivity index (χ0v) is 29.4. The van der Waals surface area contributed by atoms with Gasteiger partial charge in [0.2, 0.25) is 5.95 Å². The second-order valence-electron chi connectivity index (χ2n) is 11.6. The molecule has 4 aromatic rings. The van der Waals surface area contributed by atoms with E-state index in [0.717, 1.165) is 43.0 Å². The Hall–Kier alpha value is -4.06. The molecule has 0 bridgehead atoms. The van der Waals surface area contributed by atoms with E-state index in [1.54, 1.807) is 58.5 Å². The number of anilines is 5. The molecule has 14 heteroatoms. The molecule has 5 rings (SSSR count). The highest BCUT2D eigenvalue weighted by atomic mass is 79.9. The lowest BCUT2D eigenvalue weighted by molar-refractivity contribution is 0.209. The Kier molecular flexibility index (Phi) is 10.2. The third-order valence-corrected chi connectivity index (χ3v) is 9.97. The fraction of sp³-hybridized carbons (Fsp3) is 0.344. The second kappa shape index (κ2) is 14.1. The zero-order valence-electron chi connectivity index (χ0n) is 27.0. The normalized spacial score (nSPS) is 14.8. The van der Waals surface area contributed by atoms with Gasteiger partial charge < -0.3 is 30.6 Å². The molecular formula is C32H40BrN10O2P. The molecule has 0 radical (unpaired) electrons. The van der Waals surface area contributed by atoms with Crippen LogP contribution in [-0.2, 0) is 4.57 Å². The van der Waals surface area contributed by atoms with Crippen molar-refractivity contribution in [3.05, 3.63) is 59.1 Å². The summed E-state index contributed by atoms with van der Waals surface area (Å²) in [6, 6.07) is 8.20. The predicted molar refractivity (Wildman–Crippen MR) is 193 cm³/mol. The van der Waals surface area contributed by atoms with Crippen LogP contribution in [0.1, 0.15) is 19.4 Å². The summed E-state index contributed by atoms with van der Waals surface area (Å²) in [7, 11) is 0.595. The maximum absolute atomic E-state index is 13.4. The molecule has 3 heterocycles. The van der Waals surface area contributed by atoms with Crippen LogP contribution in [0.15, 0.2) is 58.5 Å². The predicted octanol–water partition coefficient (Wildman–Crippen LogP) is 5.46. The molecule has 4 N–H and O–H groups in total. The summed E-state index contributed by atoms with van der Waals surface area (Å²) in [5.74, 6) is 1.44. The van der Waals surface area contributed by atoms with Crippen LogP contribution in [0.25, 0.3) is 16.6 Å². The minimum absolute atomic E-state index is 0.328. The number of aromatic nitrogens is 4. The average Bonchev–Trinajstić information content (AvgIpc) is 3.04. The molecule has 1 saturated heterocycles. The van der Waals surface area contributed by atoms with Crippen LogP contribution in [0.4, 0.5) is 28.8 Å². The van der Waals surface area contributed by atoms with Crippen molar-refractivity contribution in [2.24, 2.45) is 10.7 Å². The SMILES string of the molecule is CN=CC(=CN)c1cc(Nc2ncc(Br)c(Nc3ccc4nccnc4c3P(C)(C)=O)n2)c(OC)cc1N1CCN(C(C)C)CC1. The molecule has 1 aliphatic heterocycles. The molecular weight excluding hydrogens is 667 g/mol. The summed E-state index contributed by atoms with van der Waals surface area (Å²) in [5, 5.41) is 7.30. The zero-order chi connectivity index (χ0) is 33.0. The summed E-state index contributed by atoms with van der Waals surface area (Å²) in [6.07, 6.45) is 8.19. The molecule has 2 aromatic heterocycles. The van der Waals surface area contributed by atoms with Gasteiger partial charge in [0.05, 0.1) is 33.8 Å². The number of benzene rings is 2.